The lowest BCUT2D eigenvalue weighted by Crippen LogP contribution is -2.13. The Hall–Kier alpha value is -1.62. The molecule has 0 amide bonds. The molecule has 0 aromatic carbocycles. The van der Waals surface area contributed by atoms with Crippen LogP contribution in [0.3, 0.4) is 0 Å². The molecule has 5 nitrogen and oxygen atoms in total. The smallest absolute Gasteiger partial charge is 0.208 e. The van der Waals surface area contributed by atoms with Crippen LogP contribution in [0.25, 0.3) is 0 Å². The number of rotatable bonds is 5. The highest BCUT2D eigenvalue weighted by Crippen LogP contribution is 2.03. The van der Waals surface area contributed by atoms with E-state index >= 15 is 0 Å². The van der Waals surface area contributed by atoms with Crippen molar-refractivity contribution in [3.63, 3.8) is 0 Å². The van der Waals surface area contributed by atoms with Crippen molar-refractivity contribution in [1.82, 2.24) is 20.5 Å². The van der Waals surface area contributed by atoms with Crippen LogP contribution in [-0.2, 0) is 19.5 Å². The topological polar surface area (TPSA) is 66.7 Å². The highest BCUT2D eigenvalue weighted by molar-refractivity contribution is 4.97. The van der Waals surface area contributed by atoms with Gasteiger partial charge >= 0.3 is 0 Å². The van der Waals surface area contributed by atoms with Crippen LogP contribution >= 0.6 is 0 Å². The molecule has 0 spiro atoms. The summed E-state index contributed by atoms with van der Waals surface area (Å²) in [5, 5.41) is 9.95. The molecule has 15 heavy (non-hydrogen) atoms. The van der Waals surface area contributed by atoms with E-state index < -0.39 is 0 Å². The SMILES string of the molecule is CCc1cnc(CNCc2ccn[nH]2)o1. The predicted octanol–water partition coefficient (Wildman–Crippen LogP) is 1.25. The van der Waals surface area contributed by atoms with Gasteiger partial charge in [-0.3, -0.25) is 5.10 Å². The number of aromatic nitrogens is 3. The van der Waals surface area contributed by atoms with Gasteiger partial charge in [-0.15, -0.1) is 0 Å². The standard InChI is InChI=1S/C10H14N4O/c1-2-9-6-12-10(15-9)7-11-5-8-3-4-13-14-8/h3-4,6,11H,2,5,7H2,1H3,(H,13,14). The quantitative estimate of drug-likeness (QED) is 0.772. The van der Waals surface area contributed by atoms with Gasteiger partial charge in [0.25, 0.3) is 0 Å². The molecule has 0 fully saturated rings. The summed E-state index contributed by atoms with van der Waals surface area (Å²) in [6.07, 6.45) is 4.39. The Balaban J connectivity index is 1.78. The summed E-state index contributed by atoms with van der Waals surface area (Å²) in [5.74, 6) is 1.65. The average Bonchev–Trinajstić information content (AvgIpc) is 2.88. The second-order valence-corrected chi connectivity index (χ2v) is 3.26. The molecule has 0 saturated heterocycles. The van der Waals surface area contributed by atoms with Gasteiger partial charge in [-0.1, -0.05) is 6.92 Å². The molecule has 0 aliphatic carbocycles. The maximum absolute atomic E-state index is 5.45. The Labute approximate surface area is 87.9 Å². The maximum atomic E-state index is 5.45. The summed E-state index contributed by atoms with van der Waals surface area (Å²) in [6.45, 7) is 3.42. The largest absolute Gasteiger partial charge is 0.444 e. The van der Waals surface area contributed by atoms with E-state index in [-0.39, 0.29) is 0 Å². The highest BCUT2D eigenvalue weighted by atomic mass is 16.4. The third-order valence-corrected chi connectivity index (χ3v) is 2.10. The number of H-pyrrole nitrogens is 1. The molecule has 0 atom stereocenters. The van der Waals surface area contributed by atoms with Crippen molar-refractivity contribution in [2.45, 2.75) is 26.4 Å². The van der Waals surface area contributed by atoms with Crippen LogP contribution in [-0.4, -0.2) is 15.2 Å². The Morgan fingerprint density at radius 1 is 1.47 bits per heavy atom. The molecule has 80 valence electrons. The van der Waals surface area contributed by atoms with Gasteiger partial charge in [0.15, 0.2) is 0 Å². The van der Waals surface area contributed by atoms with Gasteiger partial charge in [0, 0.05) is 24.9 Å². The second-order valence-electron chi connectivity index (χ2n) is 3.26. The van der Waals surface area contributed by atoms with Gasteiger partial charge in [0.1, 0.15) is 5.76 Å². The number of hydrogen-bond acceptors (Lipinski definition) is 4. The molecule has 0 radical (unpaired) electrons. The zero-order chi connectivity index (χ0) is 10.5. The van der Waals surface area contributed by atoms with Crippen LogP contribution in [0, 0.1) is 0 Å². The minimum absolute atomic E-state index is 0.638. The average molecular weight is 206 g/mol. The van der Waals surface area contributed by atoms with E-state index in [4.69, 9.17) is 4.42 Å². The van der Waals surface area contributed by atoms with Gasteiger partial charge < -0.3 is 9.73 Å². The number of hydrogen-bond donors (Lipinski definition) is 2. The maximum Gasteiger partial charge on any atom is 0.208 e. The first kappa shape index (κ1) is 9.92. The van der Waals surface area contributed by atoms with E-state index in [1.165, 1.54) is 0 Å². The number of aryl methyl sites for hydroxylation is 1. The molecule has 5 heteroatoms. The molecule has 2 N–H and O–H groups in total. The van der Waals surface area contributed by atoms with E-state index in [2.05, 4.69) is 20.5 Å². The zero-order valence-corrected chi connectivity index (χ0v) is 8.66. The Bertz CT molecular complexity index is 393. The van der Waals surface area contributed by atoms with E-state index in [0.29, 0.717) is 6.54 Å². The minimum atomic E-state index is 0.638. The van der Waals surface area contributed by atoms with Crippen LogP contribution in [0.4, 0.5) is 0 Å². The van der Waals surface area contributed by atoms with E-state index in [9.17, 15) is 0 Å². The second kappa shape index (κ2) is 4.75. The monoisotopic (exact) mass is 206 g/mol. The van der Waals surface area contributed by atoms with Crippen LogP contribution in [0.15, 0.2) is 22.9 Å². The van der Waals surface area contributed by atoms with Crippen molar-refractivity contribution in [3.8, 4) is 0 Å². The summed E-state index contributed by atoms with van der Waals surface area (Å²) in [4.78, 5) is 4.15. The molecule has 2 aromatic rings. The number of aromatic amines is 1. The lowest BCUT2D eigenvalue weighted by Gasteiger charge is -1.98. The summed E-state index contributed by atoms with van der Waals surface area (Å²) in [6, 6.07) is 1.93. The van der Waals surface area contributed by atoms with Gasteiger partial charge in [-0.25, -0.2) is 4.98 Å². The Morgan fingerprint density at radius 3 is 3.07 bits per heavy atom. The summed E-state index contributed by atoms with van der Waals surface area (Å²) >= 11 is 0. The van der Waals surface area contributed by atoms with E-state index in [1.54, 1.807) is 12.4 Å². The van der Waals surface area contributed by atoms with Crippen molar-refractivity contribution < 1.29 is 4.42 Å². The normalized spacial score (nSPS) is 10.7. The van der Waals surface area contributed by atoms with Gasteiger partial charge in [0.05, 0.1) is 12.7 Å². The first-order valence-corrected chi connectivity index (χ1v) is 5.01. The number of nitrogens with zero attached hydrogens (tertiary/aromatic N) is 2. The molecular formula is C10H14N4O. The lowest BCUT2D eigenvalue weighted by molar-refractivity contribution is 0.438. The molecule has 0 saturated carbocycles. The molecule has 0 aliphatic rings. The third-order valence-electron chi connectivity index (χ3n) is 2.10. The zero-order valence-electron chi connectivity index (χ0n) is 8.66. The molecule has 0 unspecified atom stereocenters. The lowest BCUT2D eigenvalue weighted by atomic mass is 10.4. The predicted molar refractivity (Wildman–Crippen MR) is 55.0 cm³/mol. The fourth-order valence-electron chi connectivity index (χ4n) is 1.28. The van der Waals surface area contributed by atoms with Crippen molar-refractivity contribution in [3.05, 3.63) is 35.8 Å². The number of oxazole rings is 1. The van der Waals surface area contributed by atoms with Crippen LogP contribution in [0.1, 0.15) is 24.3 Å². The Kier molecular flexibility index (Phi) is 3.14. The van der Waals surface area contributed by atoms with E-state index in [1.807, 2.05) is 13.0 Å². The minimum Gasteiger partial charge on any atom is -0.444 e. The summed E-state index contributed by atoms with van der Waals surface area (Å²) < 4.78 is 5.45. The highest BCUT2D eigenvalue weighted by Gasteiger charge is 2.01. The molecule has 2 aromatic heterocycles. The first-order chi connectivity index (χ1) is 7.38. The molecule has 2 rings (SSSR count). The van der Waals surface area contributed by atoms with Gasteiger partial charge in [-0.2, -0.15) is 5.10 Å². The summed E-state index contributed by atoms with van der Waals surface area (Å²) in [7, 11) is 0. The summed E-state index contributed by atoms with van der Waals surface area (Å²) in [5.41, 5.74) is 1.05. The van der Waals surface area contributed by atoms with Crippen LogP contribution < -0.4 is 5.32 Å². The van der Waals surface area contributed by atoms with Gasteiger partial charge in [0.2, 0.25) is 5.89 Å². The first-order valence-electron chi connectivity index (χ1n) is 5.01. The number of nitrogens with one attached hydrogen (secondary N) is 2. The van der Waals surface area contributed by atoms with Crippen LogP contribution in [0.2, 0.25) is 0 Å². The van der Waals surface area contributed by atoms with Crippen molar-refractivity contribution in [2.75, 3.05) is 0 Å². The Morgan fingerprint density at radius 2 is 2.40 bits per heavy atom. The van der Waals surface area contributed by atoms with Crippen molar-refractivity contribution >= 4 is 0 Å². The fourth-order valence-corrected chi connectivity index (χ4v) is 1.28. The van der Waals surface area contributed by atoms with Gasteiger partial charge in [-0.05, 0) is 6.07 Å². The fraction of sp³-hybridized carbons (Fsp3) is 0.400. The van der Waals surface area contributed by atoms with Crippen molar-refractivity contribution in [1.29, 1.82) is 0 Å². The third kappa shape index (κ3) is 2.66. The van der Waals surface area contributed by atoms with Crippen LogP contribution in [0.5, 0.6) is 0 Å². The van der Waals surface area contributed by atoms with Crippen molar-refractivity contribution in [2.24, 2.45) is 0 Å². The molecule has 0 bridgehead atoms. The molecule has 0 aliphatic heterocycles. The molecule has 2 heterocycles. The molecular weight excluding hydrogens is 192 g/mol. The van der Waals surface area contributed by atoms with E-state index in [0.717, 1.165) is 30.3 Å².